The second kappa shape index (κ2) is 16.2. The Kier molecular flexibility index (Phi) is 13.0. The predicted molar refractivity (Wildman–Crippen MR) is 159 cm³/mol. The molecule has 0 spiro atoms. The molecular formula is C30H44N4O12. The molecule has 2 saturated heterocycles. The molecule has 0 radical (unpaired) electrons. The Morgan fingerprint density at radius 3 is 2.37 bits per heavy atom. The second-order valence-corrected chi connectivity index (χ2v) is 11.9. The van der Waals surface area contributed by atoms with E-state index in [0.29, 0.717) is 5.56 Å². The van der Waals surface area contributed by atoms with Gasteiger partial charge in [-0.05, 0) is 18.1 Å². The van der Waals surface area contributed by atoms with Crippen molar-refractivity contribution in [3.05, 3.63) is 23.8 Å². The zero-order chi connectivity index (χ0) is 34.3. The quantitative estimate of drug-likeness (QED) is 0.0882. The van der Waals surface area contributed by atoms with Gasteiger partial charge >= 0.3 is 5.97 Å². The number of amides is 4. The zero-order valence-corrected chi connectivity index (χ0v) is 26.3. The number of anilines is 1. The average molecular weight is 653 g/mol. The Bertz CT molecular complexity index is 1270. The number of hydrogen-bond acceptors (Lipinski definition) is 13. The Hall–Kier alpha value is -3.67. The summed E-state index contributed by atoms with van der Waals surface area (Å²) >= 11 is 0. The van der Waals surface area contributed by atoms with Gasteiger partial charge in [0.05, 0.1) is 18.2 Å². The predicted octanol–water partition coefficient (Wildman–Crippen LogP) is -1.63. The third kappa shape index (κ3) is 8.77. The number of nitrogens with two attached hydrogens (primary N) is 1. The smallest absolute Gasteiger partial charge is 0.308 e. The van der Waals surface area contributed by atoms with Crippen molar-refractivity contribution in [1.29, 1.82) is 0 Å². The molecule has 0 bridgehead atoms. The maximum atomic E-state index is 12.9. The van der Waals surface area contributed by atoms with Crippen LogP contribution in [0.15, 0.2) is 18.2 Å². The van der Waals surface area contributed by atoms with E-state index in [-0.39, 0.29) is 49.9 Å². The fourth-order valence-corrected chi connectivity index (χ4v) is 4.97. The minimum atomic E-state index is -1.68. The van der Waals surface area contributed by atoms with E-state index in [0.717, 1.165) is 4.90 Å². The van der Waals surface area contributed by atoms with Crippen molar-refractivity contribution in [1.82, 2.24) is 10.2 Å². The molecular weight excluding hydrogens is 608 g/mol. The lowest BCUT2D eigenvalue weighted by Gasteiger charge is -2.39. The molecule has 1 aromatic rings. The van der Waals surface area contributed by atoms with E-state index >= 15 is 0 Å². The number of aliphatic hydroxyl groups excluding tert-OH is 4. The number of carbonyl (C=O) groups is 5. The standard InChI is InChI=1S/C30H44N4O12/c1-14(2)18-10-23(37)34(28(18)42)20(11-31)27(41)32-8-7-22(36)33-19-9-17(6-5-16(19)13-44-29(43)15(3)4)45-30-26(40)25(39)24(38)21(12-35)46-30/h5-6,9,14-15,18,20-21,24-26,30,35,38-40H,7-8,10-13,31H2,1-4H3,(H,32,41)(H,33,36). The van der Waals surface area contributed by atoms with E-state index in [1.54, 1.807) is 13.8 Å². The second-order valence-electron chi connectivity index (χ2n) is 11.9. The number of hydrogen-bond donors (Lipinski definition) is 7. The van der Waals surface area contributed by atoms with Gasteiger partial charge in [0.1, 0.15) is 42.8 Å². The lowest BCUT2D eigenvalue weighted by Crippen LogP contribution is -2.60. The minimum Gasteiger partial charge on any atom is -0.462 e. The van der Waals surface area contributed by atoms with Crippen LogP contribution in [0.1, 0.15) is 46.1 Å². The summed E-state index contributed by atoms with van der Waals surface area (Å²) in [6.45, 7) is 5.62. The van der Waals surface area contributed by atoms with Gasteiger partial charge in [0, 0.05) is 43.5 Å². The lowest BCUT2D eigenvalue weighted by atomic mass is 9.94. The van der Waals surface area contributed by atoms with Crippen LogP contribution in [0.3, 0.4) is 0 Å². The molecule has 1 aromatic carbocycles. The lowest BCUT2D eigenvalue weighted by molar-refractivity contribution is -0.277. The van der Waals surface area contributed by atoms with Crippen LogP contribution in [0.2, 0.25) is 0 Å². The number of carbonyl (C=O) groups excluding carboxylic acids is 5. The van der Waals surface area contributed by atoms with Gasteiger partial charge in [-0.3, -0.25) is 28.9 Å². The summed E-state index contributed by atoms with van der Waals surface area (Å²) in [7, 11) is 0. The maximum Gasteiger partial charge on any atom is 0.308 e. The number of rotatable bonds is 14. The third-order valence-electron chi connectivity index (χ3n) is 7.81. The Labute approximate surface area is 266 Å². The van der Waals surface area contributed by atoms with Crippen molar-refractivity contribution in [2.24, 2.45) is 23.5 Å². The molecule has 0 aliphatic carbocycles. The molecule has 2 aliphatic heterocycles. The molecule has 3 rings (SSSR count). The van der Waals surface area contributed by atoms with E-state index in [1.165, 1.54) is 18.2 Å². The summed E-state index contributed by atoms with van der Waals surface area (Å²) in [5.41, 5.74) is 6.27. The van der Waals surface area contributed by atoms with E-state index in [9.17, 15) is 44.4 Å². The summed E-state index contributed by atoms with van der Waals surface area (Å²) in [5.74, 6) is -3.65. The van der Waals surface area contributed by atoms with Gasteiger partial charge < -0.3 is 51.0 Å². The van der Waals surface area contributed by atoms with E-state index in [4.69, 9.17) is 19.9 Å². The molecule has 0 aromatic heterocycles. The van der Waals surface area contributed by atoms with Gasteiger partial charge in [0.15, 0.2) is 0 Å². The fourth-order valence-electron chi connectivity index (χ4n) is 4.97. The largest absolute Gasteiger partial charge is 0.462 e. The highest BCUT2D eigenvalue weighted by Gasteiger charge is 2.46. The van der Waals surface area contributed by atoms with Gasteiger partial charge in [-0.2, -0.15) is 0 Å². The Balaban J connectivity index is 1.68. The van der Waals surface area contributed by atoms with Crippen molar-refractivity contribution in [2.45, 2.75) is 83.9 Å². The van der Waals surface area contributed by atoms with Gasteiger partial charge in [-0.25, -0.2) is 0 Å². The van der Waals surface area contributed by atoms with Crippen LogP contribution in [-0.4, -0.2) is 111 Å². The van der Waals surface area contributed by atoms with Crippen LogP contribution < -0.4 is 21.1 Å². The van der Waals surface area contributed by atoms with Crippen LogP contribution in [0.5, 0.6) is 5.75 Å². The molecule has 256 valence electrons. The monoisotopic (exact) mass is 652 g/mol. The first-order chi connectivity index (χ1) is 21.7. The SMILES string of the molecule is CC(C)C(=O)OCc1ccc(OC2OC(CO)C(O)C(O)C2O)cc1NC(=O)CCNC(=O)C(CN)N1C(=O)CC(C(C)C)C1=O. The number of aliphatic hydroxyl groups is 4. The van der Waals surface area contributed by atoms with Gasteiger partial charge in [-0.1, -0.05) is 27.7 Å². The average Bonchev–Trinajstić information content (AvgIpc) is 3.30. The number of likely N-dealkylation sites (tertiary alicyclic amines) is 1. The molecule has 46 heavy (non-hydrogen) atoms. The summed E-state index contributed by atoms with van der Waals surface area (Å²) in [6, 6.07) is 3.07. The third-order valence-corrected chi connectivity index (χ3v) is 7.81. The molecule has 8 N–H and O–H groups in total. The topological polar surface area (TPSA) is 247 Å². The number of nitrogens with zero attached hydrogens (tertiary/aromatic N) is 1. The molecule has 4 amide bonds. The molecule has 16 nitrogen and oxygen atoms in total. The molecule has 7 unspecified atom stereocenters. The number of ether oxygens (including phenoxy) is 3. The van der Waals surface area contributed by atoms with E-state index in [1.807, 2.05) is 13.8 Å². The van der Waals surface area contributed by atoms with Crippen molar-refractivity contribution in [2.75, 3.05) is 25.0 Å². The number of esters is 1. The first-order valence-electron chi connectivity index (χ1n) is 15.1. The van der Waals surface area contributed by atoms with Crippen molar-refractivity contribution in [3.8, 4) is 5.75 Å². The number of nitrogens with one attached hydrogen (secondary N) is 2. The Morgan fingerprint density at radius 2 is 1.78 bits per heavy atom. The van der Waals surface area contributed by atoms with Gasteiger partial charge in [0.2, 0.25) is 29.9 Å². The highest BCUT2D eigenvalue weighted by molar-refractivity contribution is 6.07. The first-order valence-corrected chi connectivity index (χ1v) is 15.1. The highest BCUT2D eigenvalue weighted by atomic mass is 16.7. The fraction of sp³-hybridized carbons (Fsp3) is 0.633. The number of imide groups is 1. The van der Waals surface area contributed by atoms with Crippen LogP contribution in [-0.2, 0) is 40.1 Å². The molecule has 16 heteroatoms. The first kappa shape index (κ1) is 36.8. The molecule has 2 fully saturated rings. The summed E-state index contributed by atoms with van der Waals surface area (Å²) in [5, 5.41) is 45.1. The van der Waals surface area contributed by atoms with Gasteiger partial charge in [0.25, 0.3) is 0 Å². The minimum absolute atomic E-state index is 0.00331. The van der Waals surface area contributed by atoms with E-state index < -0.39 is 84.8 Å². The molecule has 7 atom stereocenters. The van der Waals surface area contributed by atoms with Crippen LogP contribution >= 0.6 is 0 Å². The normalized spacial score (nSPS) is 25.5. The van der Waals surface area contributed by atoms with Crippen molar-refractivity contribution < 1.29 is 58.6 Å². The molecule has 2 heterocycles. The van der Waals surface area contributed by atoms with Crippen LogP contribution in [0, 0.1) is 17.8 Å². The summed E-state index contributed by atoms with van der Waals surface area (Å²) in [6.07, 6.45) is -7.85. The van der Waals surface area contributed by atoms with Crippen LogP contribution in [0.4, 0.5) is 5.69 Å². The molecule has 0 saturated carbocycles. The van der Waals surface area contributed by atoms with Crippen molar-refractivity contribution >= 4 is 35.3 Å². The van der Waals surface area contributed by atoms with Crippen molar-refractivity contribution in [3.63, 3.8) is 0 Å². The molecule has 2 aliphatic rings. The summed E-state index contributed by atoms with van der Waals surface area (Å²) in [4.78, 5) is 64.0. The van der Waals surface area contributed by atoms with E-state index in [2.05, 4.69) is 10.6 Å². The summed E-state index contributed by atoms with van der Waals surface area (Å²) < 4.78 is 16.3. The zero-order valence-electron chi connectivity index (χ0n) is 26.3. The Morgan fingerprint density at radius 1 is 1.09 bits per heavy atom. The van der Waals surface area contributed by atoms with Crippen LogP contribution in [0.25, 0.3) is 0 Å². The van der Waals surface area contributed by atoms with Gasteiger partial charge in [-0.15, -0.1) is 0 Å². The highest BCUT2D eigenvalue weighted by Crippen LogP contribution is 2.29. The number of benzene rings is 1. The maximum absolute atomic E-state index is 12.9.